The van der Waals surface area contributed by atoms with E-state index < -0.39 is 12.1 Å². The highest BCUT2D eigenvalue weighted by Crippen LogP contribution is 2.33. The minimum atomic E-state index is -0.943. The molecule has 1 atom stereocenters. The molecule has 1 aromatic heterocycles. The number of aryl methyl sites for hydroxylation is 1. The smallest absolute Gasteiger partial charge is 0.333 e. The molecule has 3 aromatic rings. The van der Waals surface area contributed by atoms with Crippen molar-refractivity contribution in [2.24, 2.45) is 0 Å². The monoisotopic (exact) mass is 481 g/mol. The Morgan fingerprint density at radius 1 is 1.12 bits per heavy atom. The summed E-state index contributed by atoms with van der Waals surface area (Å²) in [5.41, 5.74) is 4.57. The molecular weight excluding hydrogens is 450 g/mol. The van der Waals surface area contributed by atoms with Crippen LogP contribution in [-0.2, 0) is 27.3 Å². The number of carboxylic acids is 1. The molecule has 7 heteroatoms. The van der Waals surface area contributed by atoms with Gasteiger partial charge in [-0.1, -0.05) is 24.3 Å². The number of carbonyl (C=O) groups is 1. The zero-order valence-corrected chi connectivity index (χ0v) is 20.5. The molecular formula is C27H31NO5S. The van der Waals surface area contributed by atoms with E-state index in [1.54, 1.807) is 18.3 Å². The number of nitrogens with zero attached hydrogens (tertiary/aromatic N) is 1. The summed E-state index contributed by atoms with van der Waals surface area (Å²) >= 11 is 1.75. The van der Waals surface area contributed by atoms with Gasteiger partial charge in [0.15, 0.2) is 6.10 Å². The zero-order valence-electron chi connectivity index (χ0n) is 19.7. The van der Waals surface area contributed by atoms with Crippen molar-refractivity contribution in [3.63, 3.8) is 0 Å². The number of thiophene rings is 1. The lowest BCUT2D eigenvalue weighted by atomic mass is 10.1. The molecule has 34 heavy (non-hydrogen) atoms. The summed E-state index contributed by atoms with van der Waals surface area (Å²) in [6.45, 7) is 8.23. The van der Waals surface area contributed by atoms with Gasteiger partial charge in [0.2, 0.25) is 0 Å². The molecule has 6 nitrogen and oxygen atoms in total. The Morgan fingerprint density at radius 3 is 2.47 bits per heavy atom. The molecule has 180 valence electrons. The molecule has 1 unspecified atom stereocenters. The third-order valence-electron chi connectivity index (χ3n) is 5.91. The fourth-order valence-corrected chi connectivity index (χ4v) is 5.06. The molecule has 0 spiro atoms. The Kier molecular flexibility index (Phi) is 8.21. The van der Waals surface area contributed by atoms with Gasteiger partial charge in [-0.25, -0.2) is 4.79 Å². The lowest BCUT2D eigenvalue weighted by Crippen LogP contribution is -2.36. The predicted molar refractivity (Wildman–Crippen MR) is 135 cm³/mol. The molecule has 4 rings (SSSR count). The molecule has 0 bridgehead atoms. The summed E-state index contributed by atoms with van der Waals surface area (Å²) in [4.78, 5) is 16.1. The highest BCUT2D eigenvalue weighted by atomic mass is 32.1. The van der Waals surface area contributed by atoms with Gasteiger partial charge < -0.3 is 24.2 Å². The average Bonchev–Trinajstić information content (AvgIpc) is 3.24. The molecule has 1 saturated heterocycles. The molecule has 0 saturated carbocycles. The van der Waals surface area contributed by atoms with Crippen molar-refractivity contribution in [3.8, 4) is 16.2 Å². The molecule has 2 heterocycles. The van der Waals surface area contributed by atoms with E-state index in [0.29, 0.717) is 19.6 Å². The minimum Gasteiger partial charge on any atom is -0.488 e. The number of aliphatic carboxylic acids is 1. The van der Waals surface area contributed by atoms with Gasteiger partial charge in [0.1, 0.15) is 12.4 Å². The first kappa shape index (κ1) is 24.3. The van der Waals surface area contributed by atoms with Gasteiger partial charge in [0.25, 0.3) is 0 Å². The summed E-state index contributed by atoms with van der Waals surface area (Å²) in [5, 5.41) is 9.26. The molecule has 2 aromatic carbocycles. The fraction of sp³-hybridized carbons (Fsp3) is 0.370. The second kappa shape index (κ2) is 11.5. The quantitative estimate of drug-likeness (QED) is 0.431. The highest BCUT2D eigenvalue weighted by molar-refractivity contribution is 7.15. The molecule has 1 fully saturated rings. The van der Waals surface area contributed by atoms with E-state index in [0.717, 1.165) is 37.6 Å². The normalized spacial score (nSPS) is 14.7. The van der Waals surface area contributed by atoms with Crippen molar-refractivity contribution in [2.75, 3.05) is 37.8 Å². The molecule has 0 radical (unpaired) electrons. The van der Waals surface area contributed by atoms with E-state index in [1.165, 1.54) is 26.6 Å². The molecule has 0 amide bonds. The number of morpholine rings is 1. The Labute approximate surface area is 204 Å². The topological polar surface area (TPSA) is 68.2 Å². The van der Waals surface area contributed by atoms with E-state index >= 15 is 0 Å². The largest absolute Gasteiger partial charge is 0.488 e. The van der Waals surface area contributed by atoms with Gasteiger partial charge in [-0.3, -0.25) is 0 Å². The van der Waals surface area contributed by atoms with E-state index in [2.05, 4.69) is 42.2 Å². The SMILES string of the molecule is CCOC(Cc1ccc(OCc2sc(-c3ccc(N4CCOCC4)cc3)cc2C)cc1)C(=O)O. The van der Waals surface area contributed by atoms with E-state index in [1.807, 2.05) is 24.3 Å². The van der Waals surface area contributed by atoms with Crippen LogP contribution in [0.25, 0.3) is 10.4 Å². The van der Waals surface area contributed by atoms with E-state index in [4.69, 9.17) is 14.2 Å². The molecule has 1 aliphatic rings. The molecule has 1 N–H and O–H groups in total. The van der Waals surface area contributed by atoms with Crippen molar-refractivity contribution in [3.05, 3.63) is 70.6 Å². The number of hydrogen-bond donors (Lipinski definition) is 1. The minimum absolute atomic E-state index is 0.334. The molecule has 1 aliphatic heterocycles. The summed E-state index contributed by atoms with van der Waals surface area (Å²) in [7, 11) is 0. The third kappa shape index (κ3) is 6.17. The van der Waals surface area contributed by atoms with Gasteiger partial charge in [0, 0.05) is 41.6 Å². The Bertz CT molecular complexity index is 1070. The van der Waals surface area contributed by atoms with Crippen molar-refractivity contribution in [1.82, 2.24) is 0 Å². The standard InChI is InChI=1S/C27H31NO5S/c1-3-32-24(27(29)30)17-20-4-10-23(11-5-20)33-18-26-19(2)16-25(34-26)21-6-8-22(9-7-21)28-12-14-31-15-13-28/h4-11,16,24H,3,12-15,17-18H2,1-2H3,(H,29,30). The number of benzene rings is 2. The van der Waals surface area contributed by atoms with Crippen LogP contribution in [-0.4, -0.2) is 50.1 Å². The molecule has 0 aliphatic carbocycles. The highest BCUT2D eigenvalue weighted by Gasteiger charge is 2.18. The van der Waals surface area contributed by atoms with Crippen molar-refractivity contribution in [2.45, 2.75) is 33.0 Å². The number of rotatable bonds is 10. The van der Waals surface area contributed by atoms with Crippen molar-refractivity contribution < 1.29 is 24.1 Å². The summed E-state index contributed by atoms with van der Waals surface area (Å²) < 4.78 is 16.8. The summed E-state index contributed by atoms with van der Waals surface area (Å²) in [6, 6.07) is 18.5. The maximum absolute atomic E-state index is 11.3. The lowest BCUT2D eigenvalue weighted by molar-refractivity contribution is -0.149. The summed E-state index contributed by atoms with van der Waals surface area (Å²) in [6.07, 6.45) is -0.492. The maximum Gasteiger partial charge on any atom is 0.333 e. The van der Waals surface area contributed by atoms with Crippen LogP contribution >= 0.6 is 11.3 Å². The van der Waals surface area contributed by atoms with Crippen LogP contribution in [0.15, 0.2) is 54.6 Å². The van der Waals surface area contributed by atoms with Crippen LogP contribution in [0.4, 0.5) is 5.69 Å². The van der Waals surface area contributed by atoms with Crippen LogP contribution in [0.3, 0.4) is 0 Å². The van der Waals surface area contributed by atoms with Crippen molar-refractivity contribution in [1.29, 1.82) is 0 Å². The van der Waals surface area contributed by atoms with Crippen molar-refractivity contribution >= 4 is 23.0 Å². The van der Waals surface area contributed by atoms with Gasteiger partial charge >= 0.3 is 5.97 Å². The van der Waals surface area contributed by atoms with Gasteiger partial charge in [-0.05, 0) is 60.9 Å². The average molecular weight is 482 g/mol. The first-order chi connectivity index (χ1) is 16.5. The van der Waals surface area contributed by atoms with E-state index in [-0.39, 0.29) is 0 Å². The van der Waals surface area contributed by atoms with E-state index in [9.17, 15) is 9.90 Å². The first-order valence-corrected chi connectivity index (χ1v) is 12.4. The number of carboxylic acid groups (broad SMARTS) is 1. The first-order valence-electron chi connectivity index (χ1n) is 11.6. The Balaban J connectivity index is 1.35. The van der Waals surface area contributed by atoms with Crippen LogP contribution in [0, 0.1) is 6.92 Å². The lowest BCUT2D eigenvalue weighted by Gasteiger charge is -2.28. The second-order valence-corrected chi connectivity index (χ2v) is 9.42. The van der Waals surface area contributed by atoms with Crippen LogP contribution in [0.2, 0.25) is 0 Å². The number of ether oxygens (including phenoxy) is 3. The van der Waals surface area contributed by atoms with Gasteiger partial charge in [-0.15, -0.1) is 11.3 Å². The van der Waals surface area contributed by atoms with Crippen LogP contribution in [0.1, 0.15) is 22.9 Å². The summed E-state index contributed by atoms with van der Waals surface area (Å²) in [5.74, 6) is -0.182. The Morgan fingerprint density at radius 2 is 1.82 bits per heavy atom. The predicted octanol–water partition coefficient (Wildman–Crippen LogP) is 5.17. The fourth-order valence-electron chi connectivity index (χ4n) is 3.97. The number of hydrogen-bond acceptors (Lipinski definition) is 6. The van der Waals surface area contributed by atoms with Gasteiger partial charge in [0.05, 0.1) is 13.2 Å². The van der Waals surface area contributed by atoms with Gasteiger partial charge in [-0.2, -0.15) is 0 Å². The Hall–Kier alpha value is -2.87. The van der Waals surface area contributed by atoms with Crippen LogP contribution in [0.5, 0.6) is 5.75 Å². The zero-order chi connectivity index (χ0) is 23.9. The third-order valence-corrected chi connectivity index (χ3v) is 7.17. The maximum atomic E-state index is 11.3. The number of anilines is 1. The second-order valence-electron chi connectivity index (χ2n) is 8.28. The van der Waals surface area contributed by atoms with Crippen LogP contribution < -0.4 is 9.64 Å².